The highest BCUT2D eigenvalue weighted by atomic mass is 16.5. The first kappa shape index (κ1) is 25.9. The van der Waals surface area contributed by atoms with E-state index in [1.54, 1.807) is 11.1 Å². The number of likely N-dealkylation sites (tertiary alicyclic amines) is 1. The molecule has 4 aliphatic rings. The topological polar surface area (TPSA) is 103 Å². The van der Waals surface area contributed by atoms with Gasteiger partial charge >= 0.3 is 0 Å². The van der Waals surface area contributed by atoms with Crippen LogP contribution in [-0.2, 0) is 11.2 Å². The minimum atomic E-state index is -0.219. The molecule has 2 aromatic rings. The van der Waals surface area contributed by atoms with E-state index in [9.17, 15) is 9.59 Å². The summed E-state index contributed by atoms with van der Waals surface area (Å²) in [5.41, 5.74) is 3.09. The molecule has 3 aliphatic heterocycles. The number of piperidine rings is 1. The monoisotopic (exact) mass is 533 g/mol. The summed E-state index contributed by atoms with van der Waals surface area (Å²) in [5.74, 6) is 2.02. The Balaban J connectivity index is 1.27. The third kappa shape index (κ3) is 4.79. The molecule has 1 saturated heterocycles. The number of nitrogens with one attached hydrogen (secondary N) is 2. The zero-order valence-electron chi connectivity index (χ0n) is 23.2. The number of anilines is 4. The molecule has 1 saturated carbocycles. The van der Waals surface area contributed by atoms with E-state index < -0.39 is 0 Å². The molecule has 1 aromatic heterocycles. The van der Waals surface area contributed by atoms with Crippen molar-refractivity contribution in [2.45, 2.75) is 76.4 Å². The highest BCUT2D eigenvalue weighted by Crippen LogP contribution is 2.41. The van der Waals surface area contributed by atoms with Crippen LogP contribution < -0.4 is 25.2 Å². The Hall–Kier alpha value is -3.40. The second-order valence-electron chi connectivity index (χ2n) is 11.3. The highest BCUT2D eigenvalue weighted by molar-refractivity contribution is 6.04. The molecular weight excluding hydrogens is 494 g/mol. The molecule has 0 spiro atoms. The van der Waals surface area contributed by atoms with Crippen LogP contribution in [0.1, 0.15) is 67.8 Å². The number of fused-ring (bicyclic) bond motifs is 2. The number of nitrogens with zero attached hydrogens (tertiary/aromatic N) is 5. The molecule has 6 rings (SSSR count). The minimum absolute atomic E-state index is 0.0339. The van der Waals surface area contributed by atoms with Crippen LogP contribution in [0, 0.1) is 0 Å². The van der Waals surface area contributed by atoms with Gasteiger partial charge in [-0.1, -0.05) is 19.8 Å². The van der Waals surface area contributed by atoms with Crippen molar-refractivity contribution in [3.8, 4) is 5.75 Å². The fourth-order valence-corrected chi connectivity index (χ4v) is 6.59. The third-order valence-electron chi connectivity index (χ3n) is 8.82. The lowest BCUT2D eigenvalue weighted by atomic mass is 10.0. The van der Waals surface area contributed by atoms with Crippen molar-refractivity contribution in [3.05, 3.63) is 29.5 Å². The zero-order valence-corrected chi connectivity index (χ0v) is 23.2. The molecule has 1 atom stereocenters. The van der Waals surface area contributed by atoms with Crippen LogP contribution in [-0.4, -0.2) is 78.6 Å². The number of likely N-dealkylation sites (N-methyl/N-ethyl adjacent to an activating group) is 1. The predicted molar refractivity (Wildman–Crippen MR) is 151 cm³/mol. The van der Waals surface area contributed by atoms with Crippen LogP contribution in [0.4, 0.5) is 23.1 Å². The molecule has 10 nitrogen and oxygen atoms in total. The Morgan fingerprint density at radius 3 is 2.64 bits per heavy atom. The van der Waals surface area contributed by atoms with Gasteiger partial charge in [-0.25, -0.2) is 4.98 Å². The van der Waals surface area contributed by atoms with Gasteiger partial charge in [0.05, 0.1) is 18.5 Å². The van der Waals surface area contributed by atoms with E-state index >= 15 is 0 Å². The quantitative estimate of drug-likeness (QED) is 0.582. The molecular formula is C29H39N7O3. The third-order valence-corrected chi connectivity index (χ3v) is 8.82. The van der Waals surface area contributed by atoms with E-state index in [1.165, 1.54) is 12.8 Å². The Labute approximate surface area is 230 Å². The van der Waals surface area contributed by atoms with E-state index in [0.29, 0.717) is 36.3 Å². The summed E-state index contributed by atoms with van der Waals surface area (Å²) in [6.07, 6.45) is 9.58. The molecule has 2 N–H and O–H groups in total. The minimum Gasteiger partial charge on any atom is -0.491 e. The number of amides is 2. The number of hydrogen-bond donors (Lipinski definition) is 2. The van der Waals surface area contributed by atoms with Gasteiger partial charge in [-0.2, -0.15) is 4.98 Å². The molecule has 1 aliphatic carbocycles. The first-order valence-electron chi connectivity index (χ1n) is 14.4. The summed E-state index contributed by atoms with van der Waals surface area (Å²) in [6.45, 7) is 4.59. The van der Waals surface area contributed by atoms with Crippen molar-refractivity contribution in [2.24, 2.45) is 0 Å². The molecule has 2 amide bonds. The number of rotatable bonds is 6. The van der Waals surface area contributed by atoms with Crippen LogP contribution in [0.3, 0.4) is 0 Å². The van der Waals surface area contributed by atoms with Crippen molar-refractivity contribution in [1.82, 2.24) is 20.2 Å². The lowest BCUT2D eigenvalue weighted by Gasteiger charge is -2.43. The van der Waals surface area contributed by atoms with Crippen molar-refractivity contribution < 1.29 is 14.3 Å². The molecule has 10 heteroatoms. The number of ether oxygens (including phenoxy) is 1. The number of aromatic nitrogens is 2. The van der Waals surface area contributed by atoms with Gasteiger partial charge in [-0.15, -0.1) is 0 Å². The lowest BCUT2D eigenvalue weighted by Crippen LogP contribution is -2.55. The predicted octanol–water partition coefficient (Wildman–Crippen LogP) is 3.48. The second-order valence-corrected chi connectivity index (χ2v) is 11.3. The highest BCUT2D eigenvalue weighted by Gasteiger charge is 2.41. The van der Waals surface area contributed by atoms with Crippen LogP contribution in [0.15, 0.2) is 18.3 Å². The summed E-state index contributed by atoms with van der Waals surface area (Å²) in [4.78, 5) is 42.1. The van der Waals surface area contributed by atoms with Crippen LogP contribution in [0.5, 0.6) is 5.75 Å². The van der Waals surface area contributed by atoms with Gasteiger partial charge in [0, 0.05) is 36.7 Å². The standard InChI is InChI=1S/C29H39N7O3/c1-4-23-28(38)35(3)24-17-30-29(33-26(24)36(23)19-7-5-6-8-19)32-22-10-9-21(20-13-16-39-25(20)22)27(37)31-18-11-14-34(2)15-12-18/h9-10,17-19,23H,4-8,11-16H2,1-3H3,(H,31,37)(H,30,32,33)/t23-/m1/s1. The van der Waals surface area contributed by atoms with Crippen LogP contribution in [0.2, 0.25) is 0 Å². The van der Waals surface area contributed by atoms with E-state index in [-0.39, 0.29) is 23.9 Å². The summed E-state index contributed by atoms with van der Waals surface area (Å²) < 4.78 is 6.01. The molecule has 208 valence electrons. The van der Waals surface area contributed by atoms with E-state index in [4.69, 9.17) is 9.72 Å². The maximum atomic E-state index is 13.2. The van der Waals surface area contributed by atoms with Gasteiger partial charge in [-0.05, 0) is 64.4 Å². The van der Waals surface area contributed by atoms with Crippen LogP contribution in [0.25, 0.3) is 0 Å². The summed E-state index contributed by atoms with van der Waals surface area (Å²) in [5, 5.41) is 6.60. The Kier molecular flexibility index (Phi) is 7.05. The van der Waals surface area contributed by atoms with Crippen molar-refractivity contribution in [1.29, 1.82) is 0 Å². The number of carbonyl (C=O) groups excluding carboxylic acids is 2. The summed E-state index contributed by atoms with van der Waals surface area (Å²) >= 11 is 0. The van der Waals surface area contributed by atoms with Crippen molar-refractivity contribution >= 4 is 35.0 Å². The summed E-state index contributed by atoms with van der Waals surface area (Å²) in [7, 11) is 3.93. The zero-order chi connectivity index (χ0) is 27.1. The smallest absolute Gasteiger partial charge is 0.251 e. The Bertz CT molecular complexity index is 1250. The maximum Gasteiger partial charge on any atom is 0.251 e. The number of hydrogen-bond acceptors (Lipinski definition) is 8. The van der Waals surface area contributed by atoms with Crippen molar-refractivity contribution in [3.63, 3.8) is 0 Å². The molecule has 0 bridgehead atoms. The number of carbonyl (C=O) groups is 2. The second kappa shape index (κ2) is 10.6. The fraction of sp³-hybridized carbons (Fsp3) is 0.586. The molecule has 1 aromatic carbocycles. The Morgan fingerprint density at radius 1 is 1.13 bits per heavy atom. The molecule has 39 heavy (non-hydrogen) atoms. The largest absolute Gasteiger partial charge is 0.491 e. The summed E-state index contributed by atoms with van der Waals surface area (Å²) in [6, 6.07) is 4.05. The van der Waals surface area contributed by atoms with Gasteiger partial charge in [0.1, 0.15) is 17.5 Å². The van der Waals surface area contributed by atoms with E-state index in [2.05, 4.69) is 39.4 Å². The Morgan fingerprint density at radius 2 is 1.90 bits per heavy atom. The first-order chi connectivity index (χ1) is 18.9. The lowest BCUT2D eigenvalue weighted by molar-refractivity contribution is -0.120. The average Bonchev–Trinajstić information content (AvgIpc) is 3.65. The molecule has 0 unspecified atom stereocenters. The van der Waals surface area contributed by atoms with E-state index in [1.807, 2.05) is 19.2 Å². The van der Waals surface area contributed by atoms with Crippen LogP contribution >= 0.6 is 0 Å². The normalized spacial score (nSPS) is 22.0. The fourth-order valence-electron chi connectivity index (χ4n) is 6.59. The van der Waals surface area contributed by atoms with Gasteiger partial charge in [0.25, 0.3) is 5.91 Å². The molecule has 2 fully saturated rings. The van der Waals surface area contributed by atoms with Gasteiger partial charge in [0.2, 0.25) is 11.9 Å². The SMILES string of the molecule is CC[C@@H]1C(=O)N(C)c2cnc(Nc3ccc(C(=O)NC4CCN(C)CC4)c4c3OCC4)nc2N1C1CCCC1. The molecule has 4 heterocycles. The average molecular weight is 534 g/mol. The molecule has 0 radical (unpaired) electrons. The first-order valence-corrected chi connectivity index (χ1v) is 14.4. The number of benzene rings is 1. The van der Waals surface area contributed by atoms with E-state index in [0.717, 1.165) is 67.9 Å². The van der Waals surface area contributed by atoms with Gasteiger partial charge in [-0.3, -0.25) is 9.59 Å². The maximum absolute atomic E-state index is 13.2. The van der Waals surface area contributed by atoms with Gasteiger partial charge in [0.15, 0.2) is 5.82 Å². The van der Waals surface area contributed by atoms with Crippen molar-refractivity contribution in [2.75, 3.05) is 48.9 Å². The van der Waals surface area contributed by atoms with Gasteiger partial charge < -0.3 is 30.1 Å².